The summed E-state index contributed by atoms with van der Waals surface area (Å²) in [6.07, 6.45) is 1.86. The van der Waals surface area contributed by atoms with Crippen LogP contribution in [0.4, 0.5) is 5.82 Å². The molecule has 0 aliphatic heterocycles. The predicted octanol–water partition coefficient (Wildman–Crippen LogP) is 2.85. The van der Waals surface area contributed by atoms with Gasteiger partial charge in [0, 0.05) is 36.3 Å². The standard InChI is InChI=1S/C23H24N4O2/c1-4-23(29,22(28)27(3)5-2)13-11-16-7-6-8-18(15-16)19-10-9-17-12-14-25-21(24)20(17)26-19/h6-10,12,14-15,29H,4-5H2,1-3H3,(H2,24,25). The fourth-order valence-corrected chi connectivity index (χ4v) is 2.91. The van der Waals surface area contributed by atoms with Crippen molar-refractivity contribution in [2.75, 3.05) is 19.3 Å². The average Bonchev–Trinajstić information content (AvgIpc) is 2.76. The van der Waals surface area contributed by atoms with E-state index in [2.05, 4.69) is 21.8 Å². The average molecular weight is 388 g/mol. The van der Waals surface area contributed by atoms with Crippen LogP contribution in [0.3, 0.4) is 0 Å². The number of aromatic nitrogens is 2. The smallest absolute Gasteiger partial charge is 0.266 e. The molecule has 2 aromatic heterocycles. The van der Waals surface area contributed by atoms with E-state index in [1.807, 2.05) is 49.4 Å². The summed E-state index contributed by atoms with van der Waals surface area (Å²) in [7, 11) is 1.65. The molecule has 6 nitrogen and oxygen atoms in total. The van der Waals surface area contributed by atoms with E-state index in [0.29, 0.717) is 23.4 Å². The van der Waals surface area contributed by atoms with Crippen molar-refractivity contribution in [3.05, 3.63) is 54.2 Å². The molecule has 3 aromatic rings. The Bertz CT molecular complexity index is 1120. The van der Waals surface area contributed by atoms with Crippen LogP contribution in [0.2, 0.25) is 0 Å². The number of carbonyl (C=O) groups excluding carboxylic acids is 1. The van der Waals surface area contributed by atoms with Gasteiger partial charge in [0.25, 0.3) is 5.91 Å². The molecule has 29 heavy (non-hydrogen) atoms. The number of amides is 1. The summed E-state index contributed by atoms with van der Waals surface area (Å²) >= 11 is 0. The molecule has 0 aliphatic carbocycles. The van der Waals surface area contributed by atoms with Crippen molar-refractivity contribution in [1.29, 1.82) is 0 Å². The highest BCUT2D eigenvalue weighted by Crippen LogP contribution is 2.24. The molecule has 0 saturated carbocycles. The quantitative estimate of drug-likeness (QED) is 0.671. The molecule has 1 atom stereocenters. The number of hydrogen-bond donors (Lipinski definition) is 2. The van der Waals surface area contributed by atoms with Gasteiger partial charge in [-0.05, 0) is 37.6 Å². The molecule has 2 heterocycles. The van der Waals surface area contributed by atoms with Gasteiger partial charge in [-0.25, -0.2) is 9.97 Å². The van der Waals surface area contributed by atoms with Crippen LogP contribution in [-0.4, -0.2) is 45.1 Å². The number of nitrogens with two attached hydrogens (primary N) is 1. The van der Waals surface area contributed by atoms with Crippen LogP contribution in [0.1, 0.15) is 25.8 Å². The Kier molecular flexibility index (Phi) is 5.81. The molecular weight excluding hydrogens is 364 g/mol. The number of carbonyl (C=O) groups is 1. The Morgan fingerprint density at radius 3 is 2.76 bits per heavy atom. The van der Waals surface area contributed by atoms with Gasteiger partial charge in [0.1, 0.15) is 11.3 Å². The number of aliphatic hydroxyl groups is 1. The number of anilines is 1. The van der Waals surface area contributed by atoms with Crippen molar-refractivity contribution in [3.63, 3.8) is 0 Å². The summed E-state index contributed by atoms with van der Waals surface area (Å²) in [6.45, 7) is 4.09. The zero-order valence-electron chi connectivity index (χ0n) is 16.8. The van der Waals surface area contributed by atoms with Crippen LogP contribution in [-0.2, 0) is 4.79 Å². The maximum Gasteiger partial charge on any atom is 0.266 e. The van der Waals surface area contributed by atoms with Crippen molar-refractivity contribution in [2.45, 2.75) is 25.9 Å². The zero-order chi connectivity index (χ0) is 21.0. The van der Waals surface area contributed by atoms with Crippen molar-refractivity contribution in [1.82, 2.24) is 14.9 Å². The third-order valence-electron chi connectivity index (χ3n) is 4.90. The molecule has 0 fully saturated rings. The van der Waals surface area contributed by atoms with E-state index < -0.39 is 11.5 Å². The molecule has 3 N–H and O–H groups in total. The van der Waals surface area contributed by atoms with Crippen molar-refractivity contribution < 1.29 is 9.90 Å². The van der Waals surface area contributed by atoms with Crippen LogP contribution in [0.15, 0.2) is 48.7 Å². The SMILES string of the molecule is CCN(C)C(=O)C(O)(C#Cc1cccc(-c2ccc3ccnc(N)c3n2)c1)CC. The molecule has 0 spiro atoms. The summed E-state index contributed by atoms with van der Waals surface area (Å²) < 4.78 is 0. The number of likely N-dealkylation sites (N-methyl/N-ethyl adjacent to an activating group) is 1. The number of hydrogen-bond acceptors (Lipinski definition) is 5. The Morgan fingerprint density at radius 2 is 2.03 bits per heavy atom. The van der Waals surface area contributed by atoms with Crippen LogP contribution in [0.5, 0.6) is 0 Å². The molecular formula is C23H24N4O2. The van der Waals surface area contributed by atoms with E-state index >= 15 is 0 Å². The van der Waals surface area contributed by atoms with Gasteiger partial charge in [-0.15, -0.1) is 0 Å². The number of nitrogen functional groups attached to an aromatic ring is 1. The highest BCUT2D eigenvalue weighted by Gasteiger charge is 2.34. The Labute approximate surface area is 170 Å². The van der Waals surface area contributed by atoms with Gasteiger partial charge in [0.15, 0.2) is 0 Å². The number of nitrogens with zero attached hydrogens (tertiary/aromatic N) is 3. The highest BCUT2D eigenvalue weighted by molar-refractivity contribution is 5.89. The summed E-state index contributed by atoms with van der Waals surface area (Å²) in [6, 6.07) is 13.2. The van der Waals surface area contributed by atoms with E-state index in [9.17, 15) is 9.90 Å². The third-order valence-corrected chi connectivity index (χ3v) is 4.90. The fourth-order valence-electron chi connectivity index (χ4n) is 2.91. The second-order valence-corrected chi connectivity index (χ2v) is 6.83. The van der Waals surface area contributed by atoms with Crippen LogP contribution in [0.25, 0.3) is 22.2 Å². The maximum absolute atomic E-state index is 12.4. The lowest BCUT2D eigenvalue weighted by Crippen LogP contribution is -2.46. The van der Waals surface area contributed by atoms with Crippen molar-refractivity contribution >= 4 is 22.6 Å². The number of rotatable bonds is 4. The molecule has 1 aromatic carbocycles. The predicted molar refractivity (Wildman–Crippen MR) is 115 cm³/mol. The number of pyridine rings is 2. The topological polar surface area (TPSA) is 92.3 Å². The van der Waals surface area contributed by atoms with E-state index in [-0.39, 0.29) is 6.42 Å². The lowest BCUT2D eigenvalue weighted by atomic mass is 9.98. The largest absolute Gasteiger partial charge is 0.382 e. The molecule has 1 amide bonds. The van der Waals surface area contributed by atoms with Crippen LogP contribution in [0, 0.1) is 11.8 Å². The maximum atomic E-state index is 12.4. The van der Waals surface area contributed by atoms with Crippen molar-refractivity contribution in [3.8, 4) is 23.1 Å². The van der Waals surface area contributed by atoms with Gasteiger partial charge in [0.05, 0.1) is 5.69 Å². The van der Waals surface area contributed by atoms with Gasteiger partial charge in [-0.2, -0.15) is 0 Å². The van der Waals surface area contributed by atoms with Crippen molar-refractivity contribution in [2.24, 2.45) is 0 Å². The minimum atomic E-state index is -1.71. The molecule has 0 aliphatic rings. The molecule has 6 heteroatoms. The Hall–Kier alpha value is -3.43. The highest BCUT2D eigenvalue weighted by atomic mass is 16.3. The molecule has 1 unspecified atom stereocenters. The van der Waals surface area contributed by atoms with E-state index in [4.69, 9.17) is 5.73 Å². The third kappa shape index (κ3) is 4.20. The van der Waals surface area contributed by atoms with Gasteiger partial charge < -0.3 is 15.7 Å². The zero-order valence-corrected chi connectivity index (χ0v) is 16.8. The van der Waals surface area contributed by atoms with Gasteiger partial charge in [-0.1, -0.05) is 37.0 Å². The lowest BCUT2D eigenvalue weighted by molar-refractivity contribution is -0.144. The Balaban J connectivity index is 1.96. The first-order valence-electron chi connectivity index (χ1n) is 9.50. The fraction of sp³-hybridized carbons (Fsp3) is 0.261. The van der Waals surface area contributed by atoms with E-state index in [0.717, 1.165) is 16.6 Å². The minimum absolute atomic E-state index is 0.210. The summed E-state index contributed by atoms with van der Waals surface area (Å²) in [5.41, 5.74) is 7.18. The summed E-state index contributed by atoms with van der Waals surface area (Å²) in [5.74, 6) is 5.68. The molecule has 0 radical (unpaired) electrons. The normalized spacial score (nSPS) is 12.7. The summed E-state index contributed by atoms with van der Waals surface area (Å²) in [4.78, 5) is 22.6. The van der Waals surface area contributed by atoms with Gasteiger partial charge >= 0.3 is 0 Å². The number of benzene rings is 1. The first-order valence-corrected chi connectivity index (χ1v) is 9.50. The summed E-state index contributed by atoms with van der Waals surface area (Å²) in [5, 5.41) is 11.6. The van der Waals surface area contributed by atoms with Crippen LogP contribution >= 0.6 is 0 Å². The minimum Gasteiger partial charge on any atom is -0.382 e. The van der Waals surface area contributed by atoms with E-state index in [1.165, 1.54) is 4.90 Å². The van der Waals surface area contributed by atoms with E-state index in [1.54, 1.807) is 20.2 Å². The molecule has 0 saturated heterocycles. The van der Waals surface area contributed by atoms with Gasteiger partial charge in [0.2, 0.25) is 5.60 Å². The monoisotopic (exact) mass is 388 g/mol. The molecule has 0 bridgehead atoms. The first kappa shape index (κ1) is 20.3. The Morgan fingerprint density at radius 1 is 1.24 bits per heavy atom. The van der Waals surface area contributed by atoms with Crippen LogP contribution < -0.4 is 5.73 Å². The number of fused-ring (bicyclic) bond motifs is 1. The second-order valence-electron chi connectivity index (χ2n) is 6.83. The van der Waals surface area contributed by atoms with Gasteiger partial charge in [-0.3, -0.25) is 4.79 Å². The second kappa shape index (κ2) is 8.29. The first-order chi connectivity index (χ1) is 13.9. The molecule has 148 valence electrons. The lowest BCUT2D eigenvalue weighted by Gasteiger charge is -2.25. The molecule has 3 rings (SSSR count).